The Bertz CT molecular complexity index is 683. The number of alkyl halides is 3. The molecule has 0 saturated heterocycles. The lowest BCUT2D eigenvalue weighted by Crippen LogP contribution is -2.15. The minimum absolute atomic E-state index is 0.0989. The Morgan fingerprint density at radius 1 is 1.19 bits per heavy atom. The number of carbonyl (C=O) groups excluding carboxylic acids is 1. The zero-order valence-electron chi connectivity index (χ0n) is 10.6. The minimum Gasteiger partial charge on any atom is -0.366 e. The van der Waals surface area contributed by atoms with E-state index < -0.39 is 23.5 Å². The molecule has 2 aromatic rings. The van der Waals surface area contributed by atoms with Gasteiger partial charge in [-0.15, -0.1) is 0 Å². The smallest absolute Gasteiger partial charge is 0.366 e. The fraction of sp³-hybridized carbons (Fsp3) is 0.143. The normalized spacial score (nSPS) is 11.4. The number of nitrogens with zero attached hydrogens (tertiary/aromatic N) is 1. The number of carbonyl (C=O) groups is 1. The highest BCUT2D eigenvalue weighted by atomic mass is 19.4. The lowest BCUT2D eigenvalue weighted by Gasteiger charge is -2.12. The van der Waals surface area contributed by atoms with Crippen molar-refractivity contribution in [2.75, 3.05) is 0 Å². The molecule has 1 aromatic heterocycles. The van der Waals surface area contributed by atoms with Crippen LogP contribution in [0, 0.1) is 5.82 Å². The van der Waals surface area contributed by atoms with Gasteiger partial charge < -0.3 is 5.73 Å². The van der Waals surface area contributed by atoms with Crippen molar-refractivity contribution in [3.63, 3.8) is 0 Å². The van der Waals surface area contributed by atoms with E-state index in [1.165, 1.54) is 24.5 Å². The largest absolute Gasteiger partial charge is 0.419 e. The molecule has 0 spiro atoms. The van der Waals surface area contributed by atoms with Crippen LogP contribution in [0.5, 0.6) is 0 Å². The highest BCUT2D eigenvalue weighted by Gasteiger charge is 2.34. The summed E-state index contributed by atoms with van der Waals surface area (Å²) in [7, 11) is 0. The highest BCUT2D eigenvalue weighted by molar-refractivity contribution is 5.94. The number of primary amides is 1. The second-order valence-electron chi connectivity index (χ2n) is 4.35. The SMILES string of the molecule is NC(=O)c1ccncc1Cc1cccc(C(F)(F)F)c1F. The average molecular weight is 298 g/mol. The van der Waals surface area contributed by atoms with Crippen LogP contribution >= 0.6 is 0 Å². The summed E-state index contributed by atoms with van der Waals surface area (Å²) in [5.41, 5.74) is 4.01. The maximum absolute atomic E-state index is 13.9. The van der Waals surface area contributed by atoms with Gasteiger partial charge in [-0.05, 0) is 23.3 Å². The van der Waals surface area contributed by atoms with Crippen LogP contribution in [0.15, 0.2) is 36.7 Å². The van der Waals surface area contributed by atoms with Gasteiger partial charge >= 0.3 is 6.18 Å². The fourth-order valence-electron chi connectivity index (χ4n) is 1.95. The van der Waals surface area contributed by atoms with Gasteiger partial charge in [0.25, 0.3) is 0 Å². The molecular formula is C14H10F4N2O. The van der Waals surface area contributed by atoms with E-state index in [0.29, 0.717) is 6.07 Å². The van der Waals surface area contributed by atoms with Crippen LogP contribution in [0.4, 0.5) is 17.6 Å². The number of hydrogen-bond acceptors (Lipinski definition) is 2. The average Bonchev–Trinajstić information content (AvgIpc) is 2.40. The Morgan fingerprint density at radius 2 is 1.90 bits per heavy atom. The van der Waals surface area contributed by atoms with Crippen LogP contribution in [0.3, 0.4) is 0 Å². The lowest BCUT2D eigenvalue weighted by molar-refractivity contribution is -0.140. The molecule has 1 aromatic carbocycles. The van der Waals surface area contributed by atoms with Crippen molar-refractivity contribution in [3.05, 3.63) is 64.7 Å². The lowest BCUT2D eigenvalue weighted by atomic mass is 9.99. The van der Waals surface area contributed by atoms with Gasteiger partial charge in [0, 0.05) is 24.4 Å². The molecule has 0 radical (unpaired) electrons. The number of amides is 1. The molecule has 110 valence electrons. The van der Waals surface area contributed by atoms with E-state index in [2.05, 4.69) is 4.98 Å². The quantitative estimate of drug-likeness (QED) is 0.886. The first-order chi connectivity index (χ1) is 9.80. The third-order valence-electron chi connectivity index (χ3n) is 2.93. The van der Waals surface area contributed by atoms with E-state index in [9.17, 15) is 22.4 Å². The zero-order valence-corrected chi connectivity index (χ0v) is 10.6. The van der Waals surface area contributed by atoms with Crippen molar-refractivity contribution < 1.29 is 22.4 Å². The summed E-state index contributed by atoms with van der Waals surface area (Å²) < 4.78 is 51.9. The monoisotopic (exact) mass is 298 g/mol. The summed E-state index contributed by atoms with van der Waals surface area (Å²) in [5.74, 6) is -2.11. The van der Waals surface area contributed by atoms with Gasteiger partial charge in [0.1, 0.15) is 5.82 Å². The maximum Gasteiger partial charge on any atom is 0.419 e. The first kappa shape index (κ1) is 15.0. The molecule has 0 aliphatic rings. The Kier molecular flexibility index (Phi) is 3.93. The van der Waals surface area contributed by atoms with Crippen LogP contribution < -0.4 is 5.73 Å². The molecule has 0 aliphatic carbocycles. The molecule has 3 nitrogen and oxygen atoms in total. The molecule has 21 heavy (non-hydrogen) atoms. The summed E-state index contributed by atoms with van der Waals surface area (Å²) in [5, 5.41) is 0. The van der Waals surface area contributed by atoms with E-state index in [4.69, 9.17) is 5.73 Å². The number of benzene rings is 1. The van der Waals surface area contributed by atoms with Crippen LogP contribution in [0.25, 0.3) is 0 Å². The molecule has 2 rings (SSSR count). The van der Waals surface area contributed by atoms with E-state index in [-0.39, 0.29) is 23.1 Å². The number of nitrogens with two attached hydrogens (primary N) is 1. The van der Waals surface area contributed by atoms with Crippen molar-refractivity contribution in [1.29, 1.82) is 0 Å². The Labute approximate surface area is 117 Å². The second kappa shape index (κ2) is 5.51. The molecule has 0 unspecified atom stereocenters. The van der Waals surface area contributed by atoms with Gasteiger partial charge in [0.05, 0.1) is 5.56 Å². The molecule has 1 amide bonds. The standard InChI is InChI=1S/C14H10F4N2O/c15-12-8(2-1-3-11(12)14(16,17)18)6-9-7-20-5-4-10(9)13(19)21/h1-5,7H,6H2,(H2,19,21). The predicted octanol–water partition coefficient (Wildman–Crippen LogP) is 2.93. The van der Waals surface area contributed by atoms with Crippen molar-refractivity contribution in [2.24, 2.45) is 5.73 Å². The summed E-state index contributed by atoms with van der Waals surface area (Å²) >= 11 is 0. The predicted molar refractivity (Wildman–Crippen MR) is 67.0 cm³/mol. The number of aromatic nitrogens is 1. The topological polar surface area (TPSA) is 56.0 Å². The summed E-state index contributed by atoms with van der Waals surface area (Å²) in [4.78, 5) is 15.0. The molecule has 7 heteroatoms. The van der Waals surface area contributed by atoms with Crippen molar-refractivity contribution >= 4 is 5.91 Å². The summed E-state index contributed by atoms with van der Waals surface area (Å²) in [6.45, 7) is 0. The molecule has 2 N–H and O–H groups in total. The van der Waals surface area contributed by atoms with Gasteiger partial charge in [0.2, 0.25) is 5.91 Å². The first-order valence-electron chi connectivity index (χ1n) is 5.88. The number of halogens is 4. The molecule has 0 fully saturated rings. The van der Waals surface area contributed by atoms with E-state index in [1.54, 1.807) is 0 Å². The van der Waals surface area contributed by atoms with E-state index in [1.807, 2.05) is 0 Å². The van der Waals surface area contributed by atoms with Crippen molar-refractivity contribution in [2.45, 2.75) is 12.6 Å². The molecule has 1 heterocycles. The molecule has 0 atom stereocenters. The molecular weight excluding hydrogens is 288 g/mol. The van der Waals surface area contributed by atoms with Gasteiger partial charge in [-0.1, -0.05) is 12.1 Å². The number of hydrogen-bond donors (Lipinski definition) is 1. The van der Waals surface area contributed by atoms with Crippen LogP contribution in [-0.4, -0.2) is 10.9 Å². The maximum atomic E-state index is 13.9. The van der Waals surface area contributed by atoms with Gasteiger partial charge in [-0.2, -0.15) is 13.2 Å². The van der Waals surface area contributed by atoms with Crippen molar-refractivity contribution in [1.82, 2.24) is 4.98 Å². The van der Waals surface area contributed by atoms with Gasteiger partial charge in [-0.3, -0.25) is 9.78 Å². The third kappa shape index (κ3) is 3.18. The van der Waals surface area contributed by atoms with E-state index >= 15 is 0 Å². The van der Waals surface area contributed by atoms with Crippen LogP contribution in [0.1, 0.15) is 27.0 Å². The number of rotatable bonds is 3. The Hall–Kier alpha value is -2.44. The third-order valence-corrected chi connectivity index (χ3v) is 2.93. The highest BCUT2D eigenvalue weighted by Crippen LogP contribution is 2.33. The minimum atomic E-state index is -4.78. The molecule has 0 bridgehead atoms. The summed E-state index contributed by atoms with van der Waals surface area (Å²) in [6, 6.07) is 4.34. The summed E-state index contributed by atoms with van der Waals surface area (Å²) in [6.07, 6.45) is -2.38. The molecule has 0 aliphatic heterocycles. The van der Waals surface area contributed by atoms with Gasteiger partial charge in [-0.25, -0.2) is 4.39 Å². The number of pyridine rings is 1. The van der Waals surface area contributed by atoms with Crippen LogP contribution in [0.2, 0.25) is 0 Å². The first-order valence-corrected chi connectivity index (χ1v) is 5.88. The Morgan fingerprint density at radius 3 is 2.52 bits per heavy atom. The van der Waals surface area contributed by atoms with Crippen LogP contribution in [-0.2, 0) is 12.6 Å². The molecule has 0 saturated carbocycles. The Balaban J connectivity index is 2.44. The fourth-order valence-corrected chi connectivity index (χ4v) is 1.95. The van der Waals surface area contributed by atoms with E-state index in [0.717, 1.165) is 6.07 Å². The van der Waals surface area contributed by atoms with Gasteiger partial charge in [0.15, 0.2) is 0 Å². The second-order valence-corrected chi connectivity index (χ2v) is 4.35. The zero-order chi connectivity index (χ0) is 15.6. The van der Waals surface area contributed by atoms with Crippen molar-refractivity contribution in [3.8, 4) is 0 Å².